The molecule has 0 radical (unpaired) electrons. The molecule has 1 aromatic carbocycles. The van der Waals surface area contributed by atoms with Gasteiger partial charge in [0.15, 0.2) is 9.84 Å². The van der Waals surface area contributed by atoms with Crippen molar-refractivity contribution in [2.45, 2.75) is 63.3 Å². The molecule has 4 heteroatoms. The van der Waals surface area contributed by atoms with E-state index in [0.717, 1.165) is 24.4 Å². The van der Waals surface area contributed by atoms with Crippen LogP contribution in [0.15, 0.2) is 29.2 Å². The molecule has 1 saturated carbocycles. The van der Waals surface area contributed by atoms with Crippen LogP contribution < -0.4 is 5.32 Å². The first-order valence-corrected chi connectivity index (χ1v) is 9.80. The van der Waals surface area contributed by atoms with Crippen molar-refractivity contribution in [2.24, 2.45) is 5.92 Å². The van der Waals surface area contributed by atoms with Gasteiger partial charge in [-0.15, -0.1) is 0 Å². The Balaban J connectivity index is 2.05. The van der Waals surface area contributed by atoms with Crippen molar-refractivity contribution in [1.82, 2.24) is 0 Å². The van der Waals surface area contributed by atoms with Crippen LogP contribution in [-0.4, -0.2) is 20.2 Å². The molecule has 3 nitrogen and oxygen atoms in total. The maximum atomic E-state index is 12.2. The van der Waals surface area contributed by atoms with Gasteiger partial charge in [0.05, 0.1) is 16.3 Å². The van der Waals surface area contributed by atoms with E-state index in [9.17, 15) is 8.42 Å². The van der Waals surface area contributed by atoms with Crippen LogP contribution in [0, 0.1) is 5.92 Å². The molecule has 0 spiro atoms. The molecule has 0 aromatic heterocycles. The predicted molar refractivity (Wildman–Crippen MR) is 88.4 cm³/mol. The minimum atomic E-state index is -3.16. The van der Waals surface area contributed by atoms with Gasteiger partial charge in [0.25, 0.3) is 0 Å². The van der Waals surface area contributed by atoms with E-state index in [0.29, 0.717) is 10.9 Å². The molecule has 0 amide bonds. The quantitative estimate of drug-likeness (QED) is 0.854. The maximum absolute atomic E-state index is 12.2. The number of nitrogens with one attached hydrogen (secondary N) is 1. The molecule has 0 atom stereocenters. The highest BCUT2D eigenvalue weighted by molar-refractivity contribution is 7.91. The van der Waals surface area contributed by atoms with Crippen LogP contribution in [0.25, 0.3) is 0 Å². The van der Waals surface area contributed by atoms with Crippen LogP contribution in [0.5, 0.6) is 0 Å². The average molecular weight is 309 g/mol. The van der Waals surface area contributed by atoms with Crippen molar-refractivity contribution in [3.63, 3.8) is 0 Å². The highest BCUT2D eigenvalue weighted by atomic mass is 32.2. The fourth-order valence-corrected chi connectivity index (χ4v) is 4.30. The van der Waals surface area contributed by atoms with E-state index in [2.05, 4.69) is 12.2 Å². The van der Waals surface area contributed by atoms with Gasteiger partial charge in [0.2, 0.25) is 0 Å². The molecular formula is C17H27NO2S. The molecule has 118 valence electrons. The number of hydrogen-bond acceptors (Lipinski definition) is 3. The fraction of sp³-hybridized carbons (Fsp3) is 0.647. The summed E-state index contributed by atoms with van der Waals surface area (Å²) >= 11 is 0. The van der Waals surface area contributed by atoms with Gasteiger partial charge in [0, 0.05) is 6.04 Å². The van der Waals surface area contributed by atoms with Crippen molar-refractivity contribution >= 4 is 15.5 Å². The normalized spacial score (nSPS) is 23.0. The molecular weight excluding hydrogens is 282 g/mol. The zero-order valence-corrected chi connectivity index (χ0v) is 14.0. The summed E-state index contributed by atoms with van der Waals surface area (Å²) in [5, 5.41) is 3.47. The number of sulfone groups is 1. The first kappa shape index (κ1) is 16.3. The van der Waals surface area contributed by atoms with Gasteiger partial charge in [0.1, 0.15) is 0 Å². The number of rotatable bonds is 6. The zero-order valence-electron chi connectivity index (χ0n) is 13.1. The summed E-state index contributed by atoms with van der Waals surface area (Å²) in [4.78, 5) is 0.447. The Morgan fingerprint density at radius 3 is 2.38 bits per heavy atom. The summed E-state index contributed by atoms with van der Waals surface area (Å²) in [5.41, 5.74) is 0.776. The van der Waals surface area contributed by atoms with Crippen LogP contribution in [0.3, 0.4) is 0 Å². The molecule has 0 saturated heterocycles. The Hall–Kier alpha value is -1.03. The lowest BCUT2D eigenvalue weighted by Gasteiger charge is -2.30. The van der Waals surface area contributed by atoms with Gasteiger partial charge in [-0.25, -0.2) is 8.42 Å². The molecule has 1 fully saturated rings. The molecule has 0 unspecified atom stereocenters. The molecule has 2 rings (SSSR count). The third-order valence-corrected chi connectivity index (χ3v) is 6.29. The van der Waals surface area contributed by atoms with E-state index in [-0.39, 0.29) is 5.75 Å². The van der Waals surface area contributed by atoms with Crippen molar-refractivity contribution in [2.75, 3.05) is 11.1 Å². The fourth-order valence-electron chi connectivity index (χ4n) is 3.24. The maximum Gasteiger partial charge on any atom is 0.180 e. The summed E-state index contributed by atoms with van der Waals surface area (Å²) in [5.74, 6) is 1.01. The minimum absolute atomic E-state index is 0.148. The van der Waals surface area contributed by atoms with Crippen molar-refractivity contribution < 1.29 is 8.42 Å². The van der Waals surface area contributed by atoms with Crippen molar-refractivity contribution in [1.29, 1.82) is 0 Å². The Bertz CT molecular complexity index is 546. The SMILES string of the molecule is CCCC1CCC(Nc2ccccc2S(=O)(=O)CC)CC1. The smallest absolute Gasteiger partial charge is 0.180 e. The average Bonchev–Trinajstić information content (AvgIpc) is 2.50. The van der Waals surface area contributed by atoms with Crippen LogP contribution >= 0.6 is 0 Å². The Labute approximate surface area is 129 Å². The lowest BCUT2D eigenvalue weighted by Crippen LogP contribution is -2.27. The molecule has 1 aliphatic carbocycles. The number of anilines is 1. The summed E-state index contributed by atoms with van der Waals surface area (Å²) in [6.45, 7) is 3.94. The van der Waals surface area contributed by atoms with Crippen LogP contribution in [0.2, 0.25) is 0 Å². The van der Waals surface area contributed by atoms with E-state index in [1.54, 1.807) is 19.1 Å². The van der Waals surface area contributed by atoms with E-state index < -0.39 is 9.84 Å². The lowest BCUT2D eigenvalue weighted by molar-refractivity contribution is 0.318. The first-order valence-electron chi connectivity index (χ1n) is 8.15. The lowest BCUT2D eigenvalue weighted by atomic mass is 9.83. The van der Waals surface area contributed by atoms with Gasteiger partial charge in [-0.1, -0.05) is 38.8 Å². The minimum Gasteiger partial charge on any atom is -0.381 e. The van der Waals surface area contributed by atoms with Gasteiger partial charge in [-0.3, -0.25) is 0 Å². The molecule has 21 heavy (non-hydrogen) atoms. The van der Waals surface area contributed by atoms with Crippen LogP contribution in [-0.2, 0) is 9.84 Å². The largest absolute Gasteiger partial charge is 0.381 e. The van der Waals surface area contributed by atoms with E-state index >= 15 is 0 Å². The second kappa shape index (κ2) is 7.30. The van der Waals surface area contributed by atoms with Crippen LogP contribution in [0.4, 0.5) is 5.69 Å². The first-order chi connectivity index (χ1) is 10.1. The highest BCUT2D eigenvalue weighted by Gasteiger charge is 2.23. The predicted octanol–water partition coefficient (Wildman–Crippen LogP) is 4.25. The van der Waals surface area contributed by atoms with E-state index in [4.69, 9.17) is 0 Å². The third kappa shape index (κ3) is 4.22. The van der Waals surface area contributed by atoms with Crippen LogP contribution in [0.1, 0.15) is 52.4 Å². The standard InChI is InChI=1S/C17H27NO2S/c1-3-7-14-10-12-15(13-11-14)18-16-8-5-6-9-17(16)21(19,20)4-2/h5-6,8-9,14-15,18H,3-4,7,10-13H2,1-2H3. The second-order valence-corrected chi connectivity index (χ2v) is 8.30. The van der Waals surface area contributed by atoms with Gasteiger partial charge < -0.3 is 5.32 Å². The highest BCUT2D eigenvalue weighted by Crippen LogP contribution is 2.31. The Morgan fingerprint density at radius 2 is 1.76 bits per heavy atom. The molecule has 1 aromatic rings. The summed E-state index contributed by atoms with van der Waals surface area (Å²) in [7, 11) is -3.16. The molecule has 0 bridgehead atoms. The Morgan fingerprint density at radius 1 is 1.10 bits per heavy atom. The Kier molecular flexibility index (Phi) is 5.68. The number of para-hydroxylation sites is 1. The van der Waals surface area contributed by atoms with Crippen molar-refractivity contribution in [3.8, 4) is 0 Å². The number of benzene rings is 1. The van der Waals surface area contributed by atoms with E-state index in [1.807, 2.05) is 12.1 Å². The summed E-state index contributed by atoms with van der Waals surface area (Å²) < 4.78 is 24.3. The van der Waals surface area contributed by atoms with Gasteiger partial charge in [-0.05, 0) is 43.7 Å². The summed E-state index contributed by atoms with van der Waals surface area (Å²) in [6, 6.07) is 7.71. The zero-order chi connectivity index (χ0) is 15.3. The number of hydrogen-bond donors (Lipinski definition) is 1. The third-order valence-electron chi connectivity index (χ3n) is 4.51. The second-order valence-electron chi connectivity index (χ2n) is 6.05. The molecule has 1 aliphatic rings. The van der Waals surface area contributed by atoms with E-state index in [1.165, 1.54) is 25.7 Å². The summed E-state index contributed by atoms with van der Waals surface area (Å²) in [6.07, 6.45) is 7.40. The molecule has 1 N–H and O–H groups in total. The molecule has 0 heterocycles. The monoisotopic (exact) mass is 309 g/mol. The van der Waals surface area contributed by atoms with Gasteiger partial charge in [-0.2, -0.15) is 0 Å². The van der Waals surface area contributed by atoms with Gasteiger partial charge >= 0.3 is 0 Å². The topological polar surface area (TPSA) is 46.2 Å². The molecule has 0 aliphatic heterocycles. The van der Waals surface area contributed by atoms with Crippen molar-refractivity contribution in [3.05, 3.63) is 24.3 Å².